The van der Waals surface area contributed by atoms with Crippen molar-refractivity contribution in [1.82, 2.24) is 0 Å². The fraction of sp³-hybridized carbons (Fsp3) is 0.600. The fourth-order valence-electron chi connectivity index (χ4n) is 0.678. The Labute approximate surface area is 56.8 Å². The highest BCUT2D eigenvalue weighted by Gasteiger charge is 2.49. The van der Waals surface area contributed by atoms with Crippen LogP contribution >= 0.6 is 0 Å². The monoisotopic (exact) mass is 145 g/mol. The standard InChI is InChI=1S/C5H7NO4/c1-5(6)3(8)2(7)4(9)10-5/h3,8H,6H2,1H3. The highest BCUT2D eigenvalue weighted by molar-refractivity contribution is 6.37. The summed E-state index contributed by atoms with van der Waals surface area (Å²) in [5.41, 5.74) is 3.64. The highest BCUT2D eigenvalue weighted by Crippen LogP contribution is 2.17. The van der Waals surface area contributed by atoms with Crippen LogP contribution in [0.1, 0.15) is 6.92 Å². The Morgan fingerprint density at radius 3 is 2.30 bits per heavy atom. The molecule has 0 radical (unpaired) electrons. The van der Waals surface area contributed by atoms with Gasteiger partial charge in [-0.15, -0.1) is 0 Å². The van der Waals surface area contributed by atoms with Crippen molar-refractivity contribution >= 4 is 11.8 Å². The highest BCUT2D eigenvalue weighted by atomic mass is 16.6. The van der Waals surface area contributed by atoms with Gasteiger partial charge >= 0.3 is 5.97 Å². The summed E-state index contributed by atoms with van der Waals surface area (Å²) in [5, 5.41) is 8.88. The molecule has 0 aromatic carbocycles. The molecule has 1 aliphatic rings. The van der Waals surface area contributed by atoms with Crippen LogP contribution in [-0.4, -0.2) is 28.7 Å². The van der Waals surface area contributed by atoms with Crippen LogP contribution in [0.25, 0.3) is 0 Å². The summed E-state index contributed by atoms with van der Waals surface area (Å²) < 4.78 is 4.31. The van der Waals surface area contributed by atoms with Crippen molar-refractivity contribution in [2.75, 3.05) is 0 Å². The molecule has 56 valence electrons. The van der Waals surface area contributed by atoms with E-state index in [9.17, 15) is 9.59 Å². The molecule has 5 nitrogen and oxygen atoms in total. The minimum Gasteiger partial charge on any atom is -0.435 e. The van der Waals surface area contributed by atoms with Crippen LogP contribution in [0.2, 0.25) is 0 Å². The normalized spacial score (nSPS) is 40.1. The molecule has 2 atom stereocenters. The zero-order chi connectivity index (χ0) is 7.94. The molecule has 0 spiro atoms. The first kappa shape index (κ1) is 7.17. The maximum atomic E-state index is 10.5. The molecule has 1 heterocycles. The van der Waals surface area contributed by atoms with Gasteiger partial charge in [-0.1, -0.05) is 0 Å². The minimum atomic E-state index is -1.55. The lowest BCUT2D eigenvalue weighted by Gasteiger charge is -2.17. The van der Waals surface area contributed by atoms with Crippen LogP contribution in [0.3, 0.4) is 0 Å². The number of nitrogens with two attached hydrogens (primary N) is 1. The molecular weight excluding hydrogens is 138 g/mol. The second-order valence-electron chi connectivity index (χ2n) is 2.34. The third kappa shape index (κ3) is 0.795. The van der Waals surface area contributed by atoms with Crippen LogP contribution in [0.15, 0.2) is 0 Å². The van der Waals surface area contributed by atoms with Gasteiger partial charge in [0, 0.05) is 0 Å². The maximum Gasteiger partial charge on any atom is 0.379 e. The third-order valence-electron chi connectivity index (χ3n) is 1.31. The van der Waals surface area contributed by atoms with E-state index < -0.39 is 23.6 Å². The number of cyclic esters (lactones) is 1. The number of carbonyl (C=O) groups is 2. The summed E-state index contributed by atoms with van der Waals surface area (Å²) in [5.74, 6) is -2.05. The number of carbonyl (C=O) groups excluding carboxylic acids is 2. The van der Waals surface area contributed by atoms with Crippen molar-refractivity contribution in [2.24, 2.45) is 5.73 Å². The van der Waals surface area contributed by atoms with Gasteiger partial charge in [0.05, 0.1) is 0 Å². The first-order valence-corrected chi connectivity index (χ1v) is 2.69. The zero-order valence-electron chi connectivity index (χ0n) is 5.33. The zero-order valence-corrected chi connectivity index (χ0v) is 5.33. The lowest BCUT2D eigenvalue weighted by molar-refractivity contribution is -0.152. The second-order valence-corrected chi connectivity index (χ2v) is 2.34. The molecule has 1 aliphatic heterocycles. The Kier molecular flexibility index (Phi) is 1.27. The Morgan fingerprint density at radius 2 is 2.20 bits per heavy atom. The van der Waals surface area contributed by atoms with Gasteiger partial charge < -0.3 is 9.84 Å². The van der Waals surface area contributed by atoms with Crippen LogP contribution in [0, 0.1) is 0 Å². The molecule has 3 N–H and O–H groups in total. The number of Topliss-reactive ketones (excluding diaryl/α,β-unsaturated/α-hetero) is 1. The van der Waals surface area contributed by atoms with Gasteiger partial charge in [-0.3, -0.25) is 10.5 Å². The molecule has 0 bridgehead atoms. The summed E-state index contributed by atoms with van der Waals surface area (Å²) in [6.07, 6.45) is -1.53. The number of esters is 1. The lowest BCUT2D eigenvalue weighted by atomic mass is 10.1. The third-order valence-corrected chi connectivity index (χ3v) is 1.31. The van der Waals surface area contributed by atoms with Gasteiger partial charge in [0.1, 0.15) is 0 Å². The van der Waals surface area contributed by atoms with E-state index in [1.807, 2.05) is 0 Å². The molecule has 0 aromatic heterocycles. The predicted octanol–water partition coefficient (Wildman–Crippen LogP) is -1.85. The molecule has 2 unspecified atom stereocenters. The number of hydrogen-bond donors (Lipinski definition) is 2. The fourth-order valence-corrected chi connectivity index (χ4v) is 0.678. The van der Waals surface area contributed by atoms with Crippen molar-refractivity contribution in [2.45, 2.75) is 18.8 Å². The number of rotatable bonds is 0. The second kappa shape index (κ2) is 1.77. The van der Waals surface area contributed by atoms with Gasteiger partial charge in [-0.25, -0.2) is 4.79 Å². The molecule has 1 rings (SSSR count). The number of ether oxygens (including phenoxy) is 1. The maximum absolute atomic E-state index is 10.5. The van der Waals surface area contributed by atoms with Crippen LogP contribution in [0.4, 0.5) is 0 Å². The van der Waals surface area contributed by atoms with Crippen LogP contribution in [-0.2, 0) is 14.3 Å². The van der Waals surface area contributed by atoms with Crippen molar-refractivity contribution in [3.63, 3.8) is 0 Å². The smallest absolute Gasteiger partial charge is 0.379 e. The molecule has 1 fully saturated rings. The summed E-state index contributed by atoms with van der Waals surface area (Å²) in [4.78, 5) is 20.9. The predicted molar refractivity (Wildman–Crippen MR) is 29.7 cm³/mol. The van der Waals surface area contributed by atoms with Crippen molar-refractivity contribution < 1.29 is 19.4 Å². The Balaban J connectivity index is 2.92. The van der Waals surface area contributed by atoms with Gasteiger partial charge in [0.15, 0.2) is 11.8 Å². The first-order valence-electron chi connectivity index (χ1n) is 2.69. The largest absolute Gasteiger partial charge is 0.435 e. The summed E-state index contributed by atoms with van der Waals surface area (Å²) in [6, 6.07) is 0. The van der Waals surface area contributed by atoms with Gasteiger partial charge in [-0.05, 0) is 6.92 Å². The van der Waals surface area contributed by atoms with Crippen molar-refractivity contribution in [3.8, 4) is 0 Å². The van der Waals surface area contributed by atoms with Crippen LogP contribution < -0.4 is 5.73 Å². The van der Waals surface area contributed by atoms with E-state index >= 15 is 0 Å². The van der Waals surface area contributed by atoms with Crippen LogP contribution in [0.5, 0.6) is 0 Å². The summed E-state index contributed by atoms with van der Waals surface area (Å²) in [6.45, 7) is 1.26. The van der Waals surface area contributed by atoms with Crippen molar-refractivity contribution in [1.29, 1.82) is 0 Å². The topological polar surface area (TPSA) is 89.6 Å². The Morgan fingerprint density at radius 1 is 1.70 bits per heavy atom. The number of aliphatic hydroxyl groups is 1. The molecule has 0 aliphatic carbocycles. The SMILES string of the molecule is CC1(N)OC(=O)C(=O)C1O. The van der Waals surface area contributed by atoms with E-state index in [1.54, 1.807) is 0 Å². The van der Waals surface area contributed by atoms with E-state index in [1.165, 1.54) is 6.92 Å². The van der Waals surface area contributed by atoms with E-state index in [-0.39, 0.29) is 0 Å². The van der Waals surface area contributed by atoms with E-state index in [0.717, 1.165) is 0 Å². The van der Waals surface area contributed by atoms with E-state index in [4.69, 9.17) is 10.8 Å². The molecule has 1 saturated heterocycles. The number of ketones is 1. The van der Waals surface area contributed by atoms with E-state index in [2.05, 4.69) is 4.74 Å². The first-order chi connectivity index (χ1) is 4.45. The molecule has 5 heteroatoms. The molecule has 0 saturated carbocycles. The molecule has 0 aromatic rings. The number of hydrogen-bond acceptors (Lipinski definition) is 5. The number of aliphatic hydroxyl groups excluding tert-OH is 1. The molecular formula is C5H7NO4. The summed E-state index contributed by atoms with van der Waals surface area (Å²) >= 11 is 0. The van der Waals surface area contributed by atoms with Gasteiger partial charge in [0.2, 0.25) is 0 Å². The average molecular weight is 145 g/mol. The van der Waals surface area contributed by atoms with E-state index in [0.29, 0.717) is 0 Å². The minimum absolute atomic E-state index is 0.981. The molecule has 0 amide bonds. The quantitative estimate of drug-likeness (QED) is 0.308. The average Bonchev–Trinajstić information content (AvgIpc) is 1.95. The van der Waals surface area contributed by atoms with Gasteiger partial charge in [-0.2, -0.15) is 0 Å². The van der Waals surface area contributed by atoms with Crippen molar-refractivity contribution in [3.05, 3.63) is 0 Å². The lowest BCUT2D eigenvalue weighted by Crippen LogP contribution is -2.47. The van der Waals surface area contributed by atoms with Gasteiger partial charge in [0.25, 0.3) is 5.78 Å². The Bertz CT molecular complexity index is 198. The summed E-state index contributed by atoms with van der Waals surface area (Å²) in [7, 11) is 0. The molecule has 10 heavy (non-hydrogen) atoms. The Hall–Kier alpha value is -0.940.